The second-order valence-corrected chi connectivity index (χ2v) is 7.09. The summed E-state index contributed by atoms with van der Waals surface area (Å²) in [4.78, 5) is 20.8. The molecule has 0 saturated carbocycles. The van der Waals surface area contributed by atoms with Crippen molar-refractivity contribution in [3.05, 3.63) is 53.1 Å². The van der Waals surface area contributed by atoms with E-state index in [0.29, 0.717) is 10.7 Å². The molecule has 27 heavy (non-hydrogen) atoms. The Morgan fingerprint density at radius 2 is 1.93 bits per heavy atom. The highest BCUT2D eigenvalue weighted by Gasteiger charge is 2.48. The zero-order chi connectivity index (χ0) is 20.0. The molecule has 0 spiro atoms. The van der Waals surface area contributed by atoms with Crippen LogP contribution in [0.15, 0.2) is 36.7 Å². The van der Waals surface area contributed by atoms with Gasteiger partial charge in [0.2, 0.25) is 0 Å². The molecule has 2 heterocycles. The molecule has 0 fully saturated rings. The van der Waals surface area contributed by atoms with Crippen LogP contribution in [0, 0.1) is 6.92 Å². The summed E-state index contributed by atoms with van der Waals surface area (Å²) in [5.41, 5.74) is -0.445. The van der Waals surface area contributed by atoms with E-state index in [2.05, 4.69) is 9.97 Å². The highest BCUT2D eigenvalue weighted by molar-refractivity contribution is 6.30. The van der Waals surface area contributed by atoms with E-state index in [-0.39, 0.29) is 11.3 Å². The van der Waals surface area contributed by atoms with Crippen LogP contribution in [0.4, 0.5) is 13.2 Å². The fourth-order valence-electron chi connectivity index (χ4n) is 2.49. The summed E-state index contributed by atoms with van der Waals surface area (Å²) in [6.45, 7) is 3.56. The second kappa shape index (κ2) is 6.53. The van der Waals surface area contributed by atoms with Gasteiger partial charge in [0.1, 0.15) is 11.9 Å². The van der Waals surface area contributed by atoms with Crippen molar-refractivity contribution in [3.8, 4) is 11.3 Å². The number of carbonyl (C=O) groups excluding carboxylic acids is 1. The number of imidazole rings is 1. The van der Waals surface area contributed by atoms with Crippen molar-refractivity contribution in [3.63, 3.8) is 0 Å². The van der Waals surface area contributed by atoms with Crippen molar-refractivity contribution >= 4 is 23.2 Å². The second-order valence-electron chi connectivity index (χ2n) is 6.66. The Morgan fingerprint density at radius 1 is 1.22 bits per heavy atom. The summed E-state index contributed by atoms with van der Waals surface area (Å²) >= 11 is 6.01. The van der Waals surface area contributed by atoms with Crippen molar-refractivity contribution in [2.24, 2.45) is 0 Å². The number of aryl methyl sites for hydroxylation is 1. The predicted molar refractivity (Wildman–Crippen MR) is 95.8 cm³/mol. The lowest BCUT2D eigenvalue weighted by Crippen LogP contribution is -2.54. The average molecular weight is 397 g/mol. The highest BCUT2D eigenvalue weighted by Crippen LogP contribution is 2.30. The molecule has 142 valence electrons. The number of fused-ring (bicyclic) bond motifs is 1. The van der Waals surface area contributed by atoms with E-state index in [1.807, 2.05) is 5.32 Å². The summed E-state index contributed by atoms with van der Waals surface area (Å²) in [7, 11) is 0. The first-order chi connectivity index (χ1) is 12.5. The lowest BCUT2D eigenvalue weighted by Gasteiger charge is -2.28. The molecule has 3 aromatic rings. The van der Waals surface area contributed by atoms with Gasteiger partial charge in [-0.05, 0) is 39.0 Å². The average Bonchev–Trinajstić information content (AvgIpc) is 2.98. The summed E-state index contributed by atoms with van der Waals surface area (Å²) in [5, 5.41) is 2.50. The maximum atomic E-state index is 13.1. The largest absolute Gasteiger partial charge is 0.410 e. The van der Waals surface area contributed by atoms with Gasteiger partial charge in [0, 0.05) is 16.3 Å². The molecule has 5 nitrogen and oxygen atoms in total. The van der Waals surface area contributed by atoms with Crippen LogP contribution in [-0.2, 0) is 0 Å². The summed E-state index contributed by atoms with van der Waals surface area (Å²) < 4.78 is 40.7. The van der Waals surface area contributed by atoms with E-state index in [0.717, 1.165) is 25.1 Å². The first kappa shape index (κ1) is 19.2. The van der Waals surface area contributed by atoms with Gasteiger partial charge in [-0.1, -0.05) is 23.7 Å². The number of rotatable bonds is 3. The minimum absolute atomic E-state index is 0.167. The van der Waals surface area contributed by atoms with Crippen LogP contribution in [-0.4, -0.2) is 32.0 Å². The Kier molecular flexibility index (Phi) is 4.63. The Bertz CT molecular complexity index is 1030. The molecule has 0 saturated heterocycles. The quantitative estimate of drug-likeness (QED) is 0.712. The van der Waals surface area contributed by atoms with E-state index in [9.17, 15) is 18.0 Å². The van der Waals surface area contributed by atoms with Crippen molar-refractivity contribution < 1.29 is 18.0 Å². The SMILES string of the molecule is Cc1cc(-c2cccc(Cl)c2)nc2c(C(=O)NC(C)(C)C(F)(F)F)ncn12. The van der Waals surface area contributed by atoms with Crippen LogP contribution < -0.4 is 5.32 Å². The van der Waals surface area contributed by atoms with Gasteiger partial charge in [-0.2, -0.15) is 13.2 Å². The number of halogens is 4. The minimum Gasteiger partial charge on any atom is -0.337 e. The number of hydrogen-bond acceptors (Lipinski definition) is 3. The molecule has 3 rings (SSSR count). The molecule has 0 aliphatic heterocycles. The predicted octanol–water partition coefficient (Wildman–Crippen LogP) is 4.43. The first-order valence-corrected chi connectivity index (χ1v) is 8.37. The molecular formula is C18H16ClF3N4O. The Labute approximate surface area is 158 Å². The smallest absolute Gasteiger partial charge is 0.337 e. The molecule has 1 N–H and O–H groups in total. The van der Waals surface area contributed by atoms with Crippen LogP contribution in [0.25, 0.3) is 16.9 Å². The topological polar surface area (TPSA) is 59.3 Å². The molecular weight excluding hydrogens is 381 g/mol. The third-order valence-corrected chi connectivity index (χ3v) is 4.40. The van der Waals surface area contributed by atoms with Gasteiger partial charge in [0.15, 0.2) is 11.3 Å². The standard InChI is InChI=1S/C18H16ClF3N4O/c1-10-7-13(11-5-4-6-12(19)8-11)24-15-14(23-9-26(10)15)16(27)25-17(2,3)18(20,21)22/h4-9H,1-3H3,(H,25,27). The summed E-state index contributed by atoms with van der Waals surface area (Å²) in [5.74, 6) is -0.949. The fourth-order valence-corrected chi connectivity index (χ4v) is 2.68. The number of nitrogens with zero attached hydrogens (tertiary/aromatic N) is 3. The lowest BCUT2D eigenvalue weighted by atomic mass is 10.1. The molecule has 1 amide bonds. The highest BCUT2D eigenvalue weighted by atomic mass is 35.5. The van der Waals surface area contributed by atoms with Crippen LogP contribution in [0.1, 0.15) is 30.0 Å². The van der Waals surface area contributed by atoms with Gasteiger partial charge in [0.05, 0.1) is 5.69 Å². The number of aromatic nitrogens is 3. The Morgan fingerprint density at radius 3 is 2.56 bits per heavy atom. The number of amides is 1. The number of carbonyl (C=O) groups is 1. The van der Waals surface area contributed by atoms with Gasteiger partial charge in [-0.25, -0.2) is 9.97 Å². The van der Waals surface area contributed by atoms with E-state index in [1.54, 1.807) is 41.7 Å². The monoisotopic (exact) mass is 396 g/mol. The normalized spacial score (nSPS) is 12.4. The molecule has 1 aromatic carbocycles. The summed E-state index contributed by atoms with van der Waals surface area (Å²) in [6, 6.07) is 8.76. The molecule has 0 bridgehead atoms. The third-order valence-electron chi connectivity index (χ3n) is 4.16. The molecule has 0 aliphatic rings. The van der Waals surface area contributed by atoms with Crippen LogP contribution >= 0.6 is 11.6 Å². The fraction of sp³-hybridized carbons (Fsp3) is 0.278. The molecule has 0 atom stereocenters. The molecule has 9 heteroatoms. The maximum absolute atomic E-state index is 13.1. The number of alkyl halides is 3. The van der Waals surface area contributed by atoms with E-state index in [1.165, 1.54) is 6.33 Å². The van der Waals surface area contributed by atoms with Crippen molar-refractivity contribution in [2.75, 3.05) is 0 Å². The Hall–Kier alpha value is -2.61. The Balaban J connectivity index is 2.06. The molecule has 0 unspecified atom stereocenters. The number of hydrogen-bond donors (Lipinski definition) is 1. The maximum Gasteiger partial charge on any atom is 0.410 e. The van der Waals surface area contributed by atoms with Gasteiger partial charge >= 0.3 is 6.18 Å². The van der Waals surface area contributed by atoms with E-state index < -0.39 is 17.6 Å². The zero-order valence-corrected chi connectivity index (χ0v) is 15.5. The minimum atomic E-state index is -4.60. The van der Waals surface area contributed by atoms with Crippen LogP contribution in [0.3, 0.4) is 0 Å². The zero-order valence-electron chi connectivity index (χ0n) is 14.7. The van der Waals surface area contributed by atoms with Crippen molar-refractivity contribution in [1.82, 2.24) is 19.7 Å². The third kappa shape index (κ3) is 3.62. The van der Waals surface area contributed by atoms with E-state index >= 15 is 0 Å². The van der Waals surface area contributed by atoms with E-state index in [4.69, 9.17) is 11.6 Å². The van der Waals surface area contributed by atoms with Gasteiger partial charge in [0.25, 0.3) is 5.91 Å². The number of benzene rings is 1. The molecule has 2 aromatic heterocycles. The lowest BCUT2D eigenvalue weighted by molar-refractivity contribution is -0.182. The number of nitrogens with one attached hydrogen (secondary N) is 1. The van der Waals surface area contributed by atoms with Gasteiger partial charge in [-0.15, -0.1) is 0 Å². The van der Waals surface area contributed by atoms with Gasteiger partial charge < -0.3 is 5.32 Å². The first-order valence-electron chi connectivity index (χ1n) is 7.99. The molecule has 0 aliphatic carbocycles. The van der Waals surface area contributed by atoms with Gasteiger partial charge in [-0.3, -0.25) is 9.20 Å². The summed E-state index contributed by atoms with van der Waals surface area (Å²) in [6.07, 6.45) is -3.25. The van der Waals surface area contributed by atoms with Crippen molar-refractivity contribution in [1.29, 1.82) is 0 Å². The van der Waals surface area contributed by atoms with Crippen molar-refractivity contribution in [2.45, 2.75) is 32.5 Å². The van der Waals surface area contributed by atoms with Crippen LogP contribution in [0.5, 0.6) is 0 Å². The molecule has 0 radical (unpaired) electrons. The van der Waals surface area contributed by atoms with Crippen LogP contribution in [0.2, 0.25) is 5.02 Å².